The van der Waals surface area contributed by atoms with Crippen LogP contribution in [0, 0.1) is 6.92 Å². The number of nitrogens with zero attached hydrogens (tertiary/aromatic N) is 1. The van der Waals surface area contributed by atoms with Crippen molar-refractivity contribution in [2.75, 3.05) is 60.7 Å². The standard InChI is InChI=1S/C27H32N2O7/c1-17-16-18(8-9-20(17)33-2)24(30)22-23(19-6-5-7-21(34-3)26(19)35-4)29(27(32)25(22)31)11-10-28-12-14-36-15-13-28/h5-9,16,23,30H,10-15H2,1-4H3. The third kappa shape index (κ3) is 4.76. The Bertz CT molecular complexity index is 1170. The maximum Gasteiger partial charge on any atom is 0.295 e. The highest BCUT2D eigenvalue weighted by molar-refractivity contribution is 6.46. The van der Waals surface area contributed by atoms with E-state index >= 15 is 0 Å². The average molecular weight is 497 g/mol. The van der Waals surface area contributed by atoms with Crippen molar-refractivity contribution in [2.24, 2.45) is 0 Å². The number of Topliss-reactive ketones (excluding diaryl/α,β-unsaturated/α-hetero) is 1. The Balaban J connectivity index is 1.83. The van der Waals surface area contributed by atoms with Crippen LogP contribution in [-0.4, -0.2) is 77.3 Å². The van der Waals surface area contributed by atoms with E-state index in [-0.39, 0.29) is 5.57 Å². The van der Waals surface area contributed by atoms with Gasteiger partial charge in [-0.3, -0.25) is 9.59 Å². The Hall–Kier alpha value is -3.56. The van der Waals surface area contributed by atoms with Crippen LogP contribution in [0.2, 0.25) is 0 Å². The lowest BCUT2D eigenvalue weighted by Crippen LogP contribution is -3.14. The van der Waals surface area contributed by atoms with E-state index in [2.05, 4.69) is 0 Å². The van der Waals surface area contributed by atoms with Crippen LogP contribution in [0.1, 0.15) is 22.7 Å². The van der Waals surface area contributed by atoms with Gasteiger partial charge < -0.3 is 33.9 Å². The van der Waals surface area contributed by atoms with E-state index in [0.717, 1.165) is 18.7 Å². The lowest BCUT2D eigenvalue weighted by atomic mass is 9.94. The molecule has 9 heteroatoms. The molecule has 2 heterocycles. The molecule has 2 aromatic rings. The molecule has 2 fully saturated rings. The number of likely N-dealkylation sites (tertiary alicyclic amines) is 1. The number of ether oxygens (including phenoxy) is 4. The summed E-state index contributed by atoms with van der Waals surface area (Å²) in [5.74, 6) is -0.506. The summed E-state index contributed by atoms with van der Waals surface area (Å²) in [6, 6.07) is 9.33. The van der Waals surface area contributed by atoms with Gasteiger partial charge in [0.1, 0.15) is 18.8 Å². The van der Waals surface area contributed by atoms with Crippen LogP contribution in [0.5, 0.6) is 17.2 Å². The third-order valence-electron chi connectivity index (χ3n) is 6.82. The van der Waals surface area contributed by atoms with E-state index in [1.807, 2.05) is 6.92 Å². The highest BCUT2D eigenvalue weighted by Crippen LogP contribution is 2.45. The largest absolute Gasteiger partial charge is 0.872 e. The lowest BCUT2D eigenvalue weighted by molar-refractivity contribution is -0.907. The normalized spacial score (nSPS) is 20.0. The molecule has 0 bridgehead atoms. The fraction of sp³-hybridized carbons (Fsp3) is 0.407. The molecule has 2 aliphatic heterocycles. The van der Waals surface area contributed by atoms with Crippen molar-refractivity contribution >= 4 is 17.4 Å². The molecule has 1 N–H and O–H groups in total. The molecule has 192 valence electrons. The van der Waals surface area contributed by atoms with Crippen LogP contribution in [0.25, 0.3) is 5.76 Å². The van der Waals surface area contributed by atoms with Crippen molar-refractivity contribution in [3.05, 3.63) is 58.7 Å². The van der Waals surface area contributed by atoms with Gasteiger partial charge in [0.05, 0.1) is 53.7 Å². The molecule has 0 spiro atoms. The van der Waals surface area contributed by atoms with Crippen molar-refractivity contribution in [1.82, 2.24) is 4.90 Å². The van der Waals surface area contributed by atoms with Gasteiger partial charge in [-0.25, -0.2) is 0 Å². The summed E-state index contributed by atoms with van der Waals surface area (Å²) in [4.78, 5) is 29.4. The zero-order chi connectivity index (χ0) is 25.8. The predicted molar refractivity (Wildman–Crippen MR) is 130 cm³/mol. The van der Waals surface area contributed by atoms with Gasteiger partial charge in [0.2, 0.25) is 5.78 Å². The van der Waals surface area contributed by atoms with E-state index in [1.54, 1.807) is 43.5 Å². The molecular weight excluding hydrogens is 464 g/mol. The van der Waals surface area contributed by atoms with Crippen LogP contribution < -0.4 is 24.2 Å². The second kappa shape index (κ2) is 11.0. The molecule has 36 heavy (non-hydrogen) atoms. The van der Waals surface area contributed by atoms with E-state index in [9.17, 15) is 14.7 Å². The number of para-hydroxylation sites is 1. The summed E-state index contributed by atoms with van der Waals surface area (Å²) in [5.41, 5.74) is 1.51. The first-order valence-corrected chi connectivity index (χ1v) is 11.9. The first-order valence-electron chi connectivity index (χ1n) is 11.9. The number of carbonyl (C=O) groups is 2. The predicted octanol–water partition coefficient (Wildman–Crippen LogP) is 0.160. The van der Waals surface area contributed by atoms with E-state index in [1.165, 1.54) is 24.0 Å². The number of ketones is 1. The number of methoxy groups -OCH3 is 3. The van der Waals surface area contributed by atoms with Gasteiger partial charge in [-0.15, -0.1) is 0 Å². The Morgan fingerprint density at radius 1 is 1.06 bits per heavy atom. The zero-order valence-electron chi connectivity index (χ0n) is 21.1. The molecule has 0 saturated carbocycles. The quantitative estimate of drug-likeness (QED) is 0.316. The third-order valence-corrected chi connectivity index (χ3v) is 6.82. The fourth-order valence-electron chi connectivity index (χ4n) is 4.92. The minimum absolute atomic E-state index is 0.0897. The van der Waals surface area contributed by atoms with Crippen molar-refractivity contribution < 1.29 is 38.5 Å². The van der Waals surface area contributed by atoms with E-state index < -0.39 is 23.5 Å². The maximum absolute atomic E-state index is 13.8. The minimum atomic E-state index is -0.898. The highest BCUT2D eigenvalue weighted by atomic mass is 16.5. The number of nitrogens with one attached hydrogen (secondary N) is 1. The van der Waals surface area contributed by atoms with Crippen LogP contribution in [0.15, 0.2) is 42.0 Å². The van der Waals surface area contributed by atoms with Crippen LogP contribution in [0.3, 0.4) is 0 Å². The number of rotatable bonds is 8. The number of aryl methyl sites for hydroxylation is 1. The number of hydrogen-bond acceptors (Lipinski definition) is 7. The molecule has 9 nitrogen and oxygen atoms in total. The second-order valence-electron chi connectivity index (χ2n) is 8.85. The summed E-state index contributed by atoms with van der Waals surface area (Å²) >= 11 is 0. The number of hydrogen-bond donors (Lipinski definition) is 1. The SMILES string of the molecule is COc1ccc(C([O-])=C2C(=O)C(=O)N(CC[NH+]3CCOCC3)C2c2cccc(OC)c2OC)cc1C. The average Bonchev–Trinajstić information content (AvgIpc) is 3.16. The highest BCUT2D eigenvalue weighted by Gasteiger charge is 2.46. The molecule has 2 saturated heterocycles. The van der Waals surface area contributed by atoms with Crippen molar-refractivity contribution in [3.8, 4) is 17.2 Å². The zero-order valence-corrected chi connectivity index (χ0v) is 21.1. The molecule has 1 amide bonds. The number of benzene rings is 2. The smallest absolute Gasteiger partial charge is 0.295 e. The molecule has 1 unspecified atom stereocenters. The monoisotopic (exact) mass is 496 g/mol. The topological polar surface area (TPSA) is 102 Å². The van der Waals surface area contributed by atoms with Crippen LogP contribution in [0.4, 0.5) is 0 Å². The van der Waals surface area contributed by atoms with Crippen molar-refractivity contribution in [2.45, 2.75) is 13.0 Å². The van der Waals surface area contributed by atoms with E-state index in [0.29, 0.717) is 54.7 Å². The molecule has 0 aromatic heterocycles. The summed E-state index contributed by atoms with van der Waals surface area (Å²) in [7, 11) is 4.57. The summed E-state index contributed by atoms with van der Waals surface area (Å²) in [6.45, 7) is 5.72. The van der Waals surface area contributed by atoms with Gasteiger partial charge in [0.15, 0.2) is 11.5 Å². The van der Waals surface area contributed by atoms with Gasteiger partial charge in [0, 0.05) is 11.1 Å². The first-order chi connectivity index (χ1) is 17.4. The molecular formula is C27H32N2O7. The van der Waals surface area contributed by atoms with Crippen molar-refractivity contribution in [1.29, 1.82) is 0 Å². The minimum Gasteiger partial charge on any atom is -0.872 e. The summed E-state index contributed by atoms with van der Waals surface area (Å²) in [6.07, 6.45) is 0. The number of carbonyl (C=O) groups excluding carboxylic acids is 2. The van der Waals surface area contributed by atoms with Gasteiger partial charge in [0.25, 0.3) is 5.91 Å². The Labute approximate surface area is 210 Å². The number of quaternary nitrogens is 1. The molecule has 2 aromatic carbocycles. The molecule has 4 rings (SSSR count). The summed E-state index contributed by atoms with van der Waals surface area (Å²) in [5, 5.41) is 13.8. The fourth-order valence-corrected chi connectivity index (χ4v) is 4.92. The van der Waals surface area contributed by atoms with Gasteiger partial charge in [-0.2, -0.15) is 0 Å². The van der Waals surface area contributed by atoms with Crippen molar-refractivity contribution in [3.63, 3.8) is 0 Å². The Morgan fingerprint density at radius 2 is 1.78 bits per heavy atom. The summed E-state index contributed by atoms with van der Waals surface area (Å²) < 4.78 is 21.8. The number of morpholine rings is 1. The molecule has 0 aliphatic carbocycles. The van der Waals surface area contributed by atoms with E-state index in [4.69, 9.17) is 18.9 Å². The van der Waals surface area contributed by atoms with Crippen LogP contribution in [-0.2, 0) is 14.3 Å². The Kier molecular flexibility index (Phi) is 7.81. The van der Waals surface area contributed by atoms with Gasteiger partial charge in [-0.05, 0) is 36.2 Å². The van der Waals surface area contributed by atoms with Gasteiger partial charge >= 0.3 is 0 Å². The molecule has 0 radical (unpaired) electrons. The second-order valence-corrected chi connectivity index (χ2v) is 8.85. The Morgan fingerprint density at radius 3 is 2.42 bits per heavy atom. The molecule has 1 atom stereocenters. The van der Waals surface area contributed by atoms with Gasteiger partial charge in [-0.1, -0.05) is 24.0 Å². The first kappa shape index (κ1) is 25.5. The molecule has 2 aliphatic rings. The lowest BCUT2D eigenvalue weighted by Gasteiger charge is -2.31. The van der Waals surface area contributed by atoms with Crippen LogP contribution >= 0.6 is 0 Å². The maximum atomic E-state index is 13.8. The number of amides is 1.